The smallest absolute Gasteiger partial charge is 0.341 e. The second-order valence-electron chi connectivity index (χ2n) is 5.32. The van der Waals surface area contributed by atoms with Gasteiger partial charge in [-0.3, -0.25) is 4.79 Å². The lowest BCUT2D eigenvalue weighted by atomic mass is 10.2. The number of esters is 1. The van der Waals surface area contributed by atoms with Crippen LogP contribution in [-0.4, -0.2) is 30.3 Å². The number of carbonyl (C=O) groups excluding carboxylic acids is 2. The number of benzene rings is 1. The predicted octanol–water partition coefficient (Wildman–Crippen LogP) is 3.35. The summed E-state index contributed by atoms with van der Waals surface area (Å²) in [6.07, 6.45) is 3.58. The van der Waals surface area contributed by atoms with E-state index in [1.54, 1.807) is 16.7 Å². The fraction of sp³-hybridized carbons (Fsp3) is 0.294. The van der Waals surface area contributed by atoms with Crippen LogP contribution in [0.4, 0.5) is 5.69 Å². The molecule has 1 aliphatic rings. The minimum atomic E-state index is -0.557. The standard InChI is InChI=1S/C17H17NO4S/c1-12-6-8-18(14-4-2-3-5-15(14)23-12)16(19)11-22-17(20)13-7-9-21-10-13/h2-5,7,9-10,12H,6,8,11H2,1H3/t12-/m0/s1. The zero-order chi connectivity index (χ0) is 16.2. The summed E-state index contributed by atoms with van der Waals surface area (Å²) in [7, 11) is 0. The Balaban J connectivity index is 1.70. The number of para-hydroxylation sites is 1. The summed E-state index contributed by atoms with van der Waals surface area (Å²) in [6.45, 7) is 2.49. The van der Waals surface area contributed by atoms with Crippen LogP contribution in [0, 0.1) is 0 Å². The van der Waals surface area contributed by atoms with Crippen molar-refractivity contribution < 1.29 is 18.7 Å². The highest BCUT2D eigenvalue weighted by Gasteiger charge is 2.25. The Hall–Kier alpha value is -2.21. The number of fused-ring (bicyclic) bond motifs is 1. The van der Waals surface area contributed by atoms with Crippen molar-refractivity contribution in [1.82, 2.24) is 0 Å². The molecule has 1 aromatic heterocycles. The summed E-state index contributed by atoms with van der Waals surface area (Å²) >= 11 is 1.76. The van der Waals surface area contributed by atoms with Gasteiger partial charge >= 0.3 is 5.97 Å². The Morgan fingerprint density at radius 3 is 2.96 bits per heavy atom. The number of anilines is 1. The number of amides is 1. The summed E-state index contributed by atoms with van der Waals surface area (Å²) in [6, 6.07) is 9.32. The topological polar surface area (TPSA) is 59.8 Å². The first-order chi connectivity index (χ1) is 11.1. The van der Waals surface area contributed by atoms with E-state index in [1.165, 1.54) is 18.6 Å². The second-order valence-corrected chi connectivity index (χ2v) is 6.80. The third kappa shape index (κ3) is 3.59. The molecule has 23 heavy (non-hydrogen) atoms. The minimum absolute atomic E-state index is 0.219. The van der Waals surface area contributed by atoms with Gasteiger partial charge in [0, 0.05) is 16.7 Å². The fourth-order valence-corrected chi connectivity index (χ4v) is 3.53. The molecule has 1 aliphatic heterocycles. The molecular formula is C17H17NO4S. The van der Waals surface area contributed by atoms with Crippen LogP contribution in [0.1, 0.15) is 23.7 Å². The molecule has 0 N–H and O–H groups in total. The molecule has 0 aliphatic carbocycles. The van der Waals surface area contributed by atoms with Crippen molar-refractivity contribution in [3.63, 3.8) is 0 Å². The van der Waals surface area contributed by atoms with Crippen molar-refractivity contribution in [3.8, 4) is 0 Å². The average molecular weight is 331 g/mol. The molecule has 0 saturated carbocycles. The molecule has 0 spiro atoms. The van der Waals surface area contributed by atoms with E-state index in [4.69, 9.17) is 9.15 Å². The first kappa shape index (κ1) is 15.7. The van der Waals surface area contributed by atoms with Crippen LogP contribution in [0.3, 0.4) is 0 Å². The molecule has 1 atom stereocenters. The predicted molar refractivity (Wildman–Crippen MR) is 87.7 cm³/mol. The monoisotopic (exact) mass is 331 g/mol. The molecule has 0 radical (unpaired) electrons. The molecule has 1 amide bonds. The van der Waals surface area contributed by atoms with Gasteiger partial charge in [0.15, 0.2) is 6.61 Å². The van der Waals surface area contributed by atoms with Gasteiger partial charge < -0.3 is 14.1 Å². The number of carbonyl (C=O) groups is 2. The van der Waals surface area contributed by atoms with Crippen LogP contribution in [0.25, 0.3) is 0 Å². The zero-order valence-corrected chi connectivity index (χ0v) is 13.5. The number of nitrogens with zero attached hydrogens (tertiary/aromatic N) is 1. The van der Waals surface area contributed by atoms with Crippen molar-refractivity contribution in [1.29, 1.82) is 0 Å². The molecule has 5 nitrogen and oxygen atoms in total. The molecular weight excluding hydrogens is 314 g/mol. The van der Waals surface area contributed by atoms with Crippen molar-refractivity contribution >= 4 is 29.3 Å². The lowest BCUT2D eigenvalue weighted by Gasteiger charge is -2.22. The minimum Gasteiger partial charge on any atom is -0.472 e. The number of ether oxygens (including phenoxy) is 1. The van der Waals surface area contributed by atoms with E-state index in [-0.39, 0.29) is 12.5 Å². The highest BCUT2D eigenvalue weighted by molar-refractivity contribution is 8.00. The van der Waals surface area contributed by atoms with Gasteiger partial charge in [0.1, 0.15) is 6.26 Å². The van der Waals surface area contributed by atoms with Crippen molar-refractivity contribution in [2.24, 2.45) is 0 Å². The SMILES string of the molecule is C[C@H]1CCN(C(=O)COC(=O)c2ccoc2)c2ccccc2S1. The lowest BCUT2D eigenvalue weighted by molar-refractivity contribution is -0.121. The Kier molecular flexibility index (Phi) is 4.71. The third-order valence-corrected chi connectivity index (χ3v) is 4.87. The van der Waals surface area contributed by atoms with E-state index in [0.29, 0.717) is 17.4 Å². The van der Waals surface area contributed by atoms with Gasteiger partial charge in [0.05, 0.1) is 17.5 Å². The highest BCUT2D eigenvalue weighted by Crippen LogP contribution is 2.37. The van der Waals surface area contributed by atoms with Crippen LogP contribution < -0.4 is 4.90 Å². The molecule has 2 heterocycles. The number of furan rings is 1. The molecule has 2 aromatic rings. The van der Waals surface area contributed by atoms with Gasteiger partial charge in [-0.05, 0) is 24.6 Å². The molecule has 0 saturated heterocycles. The van der Waals surface area contributed by atoms with Crippen LogP contribution in [-0.2, 0) is 9.53 Å². The Labute approximate surface area is 138 Å². The van der Waals surface area contributed by atoms with Gasteiger partial charge in [-0.1, -0.05) is 19.1 Å². The molecule has 1 aromatic carbocycles. The largest absolute Gasteiger partial charge is 0.472 e. The fourth-order valence-electron chi connectivity index (χ4n) is 2.42. The van der Waals surface area contributed by atoms with E-state index < -0.39 is 5.97 Å². The quantitative estimate of drug-likeness (QED) is 0.807. The summed E-state index contributed by atoms with van der Waals surface area (Å²) in [5, 5.41) is 0.433. The first-order valence-electron chi connectivity index (χ1n) is 7.40. The maximum absolute atomic E-state index is 12.5. The van der Waals surface area contributed by atoms with E-state index in [0.717, 1.165) is 17.0 Å². The summed E-state index contributed by atoms with van der Waals surface area (Å²) in [5.41, 5.74) is 1.18. The summed E-state index contributed by atoms with van der Waals surface area (Å²) < 4.78 is 9.92. The molecule has 0 bridgehead atoms. The van der Waals surface area contributed by atoms with Gasteiger partial charge in [-0.15, -0.1) is 11.8 Å². The van der Waals surface area contributed by atoms with Crippen molar-refractivity contribution in [2.45, 2.75) is 23.5 Å². The van der Waals surface area contributed by atoms with E-state index in [1.807, 2.05) is 24.3 Å². The zero-order valence-electron chi connectivity index (χ0n) is 12.7. The molecule has 0 fully saturated rings. The summed E-state index contributed by atoms with van der Waals surface area (Å²) in [4.78, 5) is 27.1. The Morgan fingerprint density at radius 1 is 1.35 bits per heavy atom. The van der Waals surface area contributed by atoms with Crippen LogP contribution in [0.15, 0.2) is 52.2 Å². The van der Waals surface area contributed by atoms with Gasteiger partial charge in [-0.2, -0.15) is 0 Å². The maximum atomic E-state index is 12.5. The highest BCUT2D eigenvalue weighted by atomic mass is 32.2. The average Bonchev–Trinajstić information content (AvgIpc) is 3.03. The number of hydrogen-bond acceptors (Lipinski definition) is 5. The third-order valence-electron chi connectivity index (χ3n) is 3.63. The number of rotatable bonds is 3. The van der Waals surface area contributed by atoms with Crippen LogP contribution in [0.2, 0.25) is 0 Å². The van der Waals surface area contributed by atoms with Gasteiger partial charge in [-0.25, -0.2) is 4.79 Å². The first-order valence-corrected chi connectivity index (χ1v) is 8.28. The molecule has 0 unspecified atom stereocenters. The van der Waals surface area contributed by atoms with E-state index in [2.05, 4.69) is 6.92 Å². The maximum Gasteiger partial charge on any atom is 0.341 e. The summed E-state index contributed by atoms with van der Waals surface area (Å²) in [5.74, 6) is -0.776. The second kappa shape index (κ2) is 6.91. The van der Waals surface area contributed by atoms with Gasteiger partial charge in [0.2, 0.25) is 0 Å². The van der Waals surface area contributed by atoms with Crippen LogP contribution >= 0.6 is 11.8 Å². The normalized spacial score (nSPS) is 17.3. The molecule has 6 heteroatoms. The number of hydrogen-bond donors (Lipinski definition) is 0. The van der Waals surface area contributed by atoms with Gasteiger partial charge in [0.25, 0.3) is 5.91 Å². The molecule has 3 rings (SSSR count). The van der Waals surface area contributed by atoms with Crippen molar-refractivity contribution in [3.05, 3.63) is 48.4 Å². The Bertz CT molecular complexity index is 698. The number of thioether (sulfide) groups is 1. The van der Waals surface area contributed by atoms with Crippen LogP contribution in [0.5, 0.6) is 0 Å². The van der Waals surface area contributed by atoms with E-state index in [9.17, 15) is 9.59 Å². The lowest BCUT2D eigenvalue weighted by Crippen LogP contribution is -2.35. The van der Waals surface area contributed by atoms with E-state index >= 15 is 0 Å². The Morgan fingerprint density at radius 2 is 2.17 bits per heavy atom. The van der Waals surface area contributed by atoms with Crippen molar-refractivity contribution in [2.75, 3.05) is 18.1 Å². The molecule has 120 valence electrons.